The van der Waals surface area contributed by atoms with Crippen LogP contribution in [0.2, 0.25) is 0 Å². The average molecular weight is 333 g/mol. The fourth-order valence-electron chi connectivity index (χ4n) is 4.07. The molecule has 5 heteroatoms. The molecule has 2 aliphatic rings. The lowest BCUT2D eigenvalue weighted by Crippen LogP contribution is -2.40. The van der Waals surface area contributed by atoms with E-state index in [2.05, 4.69) is 17.9 Å². The Morgan fingerprint density at radius 1 is 1.33 bits per heavy atom. The van der Waals surface area contributed by atoms with Gasteiger partial charge in [-0.25, -0.2) is 0 Å². The van der Waals surface area contributed by atoms with Crippen molar-refractivity contribution in [2.75, 3.05) is 26.8 Å². The SMILES string of the molecule is COc1cccc(CN2CCC([C@@H]3OCC[C@H]3C(=O)O)CC2)c1C. The Labute approximate surface area is 143 Å². The van der Waals surface area contributed by atoms with E-state index >= 15 is 0 Å². The lowest BCUT2D eigenvalue weighted by Gasteiger charge is -2.35. The van der Waals surface area contributed by atoms with Crippen LogP contribution in [-0.4, -0.2) is 48.9 Å². The minimum atomic E-state index is -0.702. The highest BCUT2D eigenvalue weighted by molar-refractivity contribution is 5.71. The van der Waals surface area contributed by atoms with Crippen molar-refractivity contribution in [1.29, 1.82) is 0 Å². The van der Waals surface area contributed by atoms with Crippen molar-refractivity contribution >= 4 is 5.97 Å². The van der Waals surface area contributed by atoms with Gasteiger partial charge in [-0.1, -0.05) is 12.1 Å². The number of carboxylic acids is 1. The summed E-state index contributed by atoms with van der Waals surface area (Å²) in [5.41, 5.74) is 2.50. The van der Waals surface area contributed by atoms with E-state index in [0.29, 0.717) is 18.9 Å². The Morgan fingerprint density at radius 2 is 2.08 bits per heavy atom. The molecule has 132 valence electrons. The highest BCUT2D eigenvalue weighted by atomic mass is 16.5. The fraction of sp³-hybridized carbons (Fsp3) is 0.632. The van der Waals surface area contributed by atoms with Crippen LogP contribution in [0.4, 0.5) is 0 Å². The Balaban J connectivity index is 1.57. The van der Waals surface area contributed by atoms with Gasteiger partial charge < -0.3 is 14.6 Å². The largest absolute Gasteiger partial charge is 0.496 e. The first-order valence-electron chi connectivity index (χ1n) is 8.79. The zero-order valence-electron chi connectivity index (χ0n) is 14.5. The van der Waals surface area contributed by atoms with E-state index in [4.69, 9.17) is 9.47 Å². The molecule has 0 aromatic heterocycles. The van der Waals surface area contributed by atoms with E-state index in [9.17, 15) is 9.90 Å². The second-order valence-corrected chi connectivity index (χ2v) is 6.93. The standard InChI is InChI=1S/C19H27NO4/c1-13-15(4-3-5-17(13)23-2)12-20-9-6-14(7-10-20)18-16(19(21)22)8-11-24-18/h3-5,14,16,18H,6-12H2,1-2H3,(H,21,22)/t16-,18+/m1/s1. The first kappa shape index (κ1) is 17.2. The van der Waals surface area contributed by atoms with Gasteiger partial charge >= 0.3 is 5.97 Å². The molecule has 2 heterocycles. The molecule has 1 N–H and O–H groups in total. The first-order valence-corrected chi connectivity index (χ1v) is 8.79. The number of benzene rings is 1. The van der Waals surface area contributed by atoms with Crippen molar-refractivity contribution in [3.8, 4) is 5.75 Å². The number of rotatable bonds is 5. The molecule has 2 atom stereocenters. The van der Waals surface area contributed by atoms with Crippen LogP contribution in [0.25, 0.3) is 0 Å². The number of likely N-dealkylation sites (tertiary alicyclic amines) is 1. The number of hydrogen-bond donors (Lipinski definition) is 1. The minimum Gasteiger partial charge on any atom is -0.496 e. The molecule has 0 radical (unpaired) electrons. The summed E-state index contributed by atoms with van der Waals surface area (Å²) in [5.74, 6) is 0.288. The summed E-state index contributed by atoms with van der Waals surface area (Å²) >= 11 is 0. The molecule has 1 aromatic rings. The summed E-state index contributed by atoms with van der Waals surface area (Å²) in [6.45, 7) is 5.60. The molecule has 3 rings (SSSR count). The Morgan fingerprint density at radius 3 is 2.75 bits per heavy atom. The van der Waals surface area contributed by atoms with Gasteiger partial charge in [-0.2, -0.15) is 0 Å². The average Bonchev–Trinajstić information content (AvgIpc) is 3.07. The predicted molar refractivity (Wildman–Crippen MR) is 91.2 cm³/mol. The van der Waals surface area contributed by atoms with Crippen LogP contribution in [-0.2, 0) is 16.1 Å². The summed E-state index contributed by atoms with van der Waals surface area (Å²) in [4.78, 5) is 13.8. The van der Waals surface area contributed by atoms with Gasteiger partial charge in [0.05, 0.1) is 19.1 Å². The third-order valence-electron chi connectivity index (χ3n) is 5.56. The maximum Gasteiger partial charge on any atom is 0.309 e. The van der Waals surface area contributed by atoms with E-state index in [1.54, 1.807) is 7.11 Å². The summed E-state index contributed by atoms with van der Waals surface area (Å²) in [7, 11) is 1.71. The first-order chi connectivity index (χ1) is 11.6. The monoisotopic (exact) mass is 333 g/mol. The molecule has 2 aliphatic heterocycles. The highest BCUT2D eigenvalue weighted by Gasteiger charge is 2.40. The summed E-state index contributed by atoms with van der Waals surface area (Å²) < 4.78 is 11.2. The molecule has 0 aliphatic carbocycles. The number of aliphatic carboxylic acids is 1. The summed E-state index contributed by atoms with van der Waals surface area (Å²) in [6.07, 6.45) is 2.58. The van der Waals surface area contributed by atoms with Gasteiger partial charge in [-0.15, -0.1) is 0 Å². The molecule has 5 nitrogen and oxygen atoms in total. The molecule has 2 fully saturated rings. The van der Waals surface area contributed by atoms with E-state index in [1.807, 2.05) is 12.1 Å². The van der Waals surface area contributed by atoms with Gasteiger partial charge in [0.2, 0.25) is 0 Å². The third-order valence-corrected chi connectivity index (χ3v) is 5.56. The minimum absolute atomic E-state index is 0.0943. The van der Waals surface area contributed by atoms with Crippen molar-refractivity contribution < 1.29 is 19.4 Å². The number of ether oxygens (including phenoxy) is 2. The molecular weight excluding hydrogens is 306 g/mol. The lowest BCUT2D eigenvalue weighted by molar-refractivity contribution is -0.145. The van der Waals surface area contributed by atoms with Gasteiger partial charge in [-0.05, 0) is 62.4 Å². The van der Waals surface area contributed by atoms with Gasteiger partial charge in [-0.3, -0.25) is 9.69 Å². The van der Waals surface area contributed by atoms with E-state index in [-0.39, 0.29) is 12.0 Å². The molecule has 0 saturated carbocycles. The number of piperidine rings is 1. The number of hydrogen-bond acceptors (Lipinski definition) is 4. The molecule has 24 heavy (non-hydrogen) atoms. The van der Waals surface area contributed by atoms with Crippen LogP contribution in [0.5, 0.6) is 5.75 Å². The van der Waals surface area contributed by atoms with E-state index < -0.39 is 5.97 Å². The summed E-state index contributed by atoms with van der Waals surface area (Å²) in [5, 5.41) is 9.34. The van der Waals surface area contributed by atoms with E-state index in [1.165, 1.54) is 11.1 Å². The van der Waals surface area contributed by atoms with Crippen molar-refractivity contribution in [2.24, 2.45) is 11.8 Å². The van der Waals surface area contributed by atoms with Gasteiger partial charge in [0.15, 0.2) is 0 Å². The van der Waals surface area contributed by atoms with Crippen LogP contribution in [0.3, 0.4) is 0 Å². The Hall–Kier alpha value is -1.59. The van der Waals surface area contributed by atoms with E-state index in [0.717, 1.165) is 38.2 Å². The quantitative estimate of drug-likeness (QED) is 0.898. The van der Waals surface area contributed by atoms with Crippen LogP contribution in [0.15, 0.2) is 18.2 Å². The van der Waals surface area contributed by atoms with Crippen LogP contribution < -0.4 is 4.74 Å². The zero-order valence-corrected chi connectivity index (χ0v) is 14.5. The molecule has 1 aromatic carbocycles. The molecule has 0 spiro atoms. The van der Waals surface area contributed by atoms with Crippen LogP contribution in [0, 0.1) is 18.8 Å². The Bertz CT molecular complexity index is 581. The zero-order chi connectivity index (χ0) is 17.1. The normalized spacial score (nSPS) is 25.8. The van der Waals surface area contributed by atoms with Gasteiger partial charge in [0.25, 0.3) is 0 Å². The predicted octanol–water partition coefficient (Wildman–Crippen LogP) is 2.71. The lowest BCUT2D eigenvalue weighted by atomic mass is 9.84. The molecule has 0 bridgehead atoms. The second kappa shape index (κ2) is 7.53. The van der Waals surface area contributed by atoms with Gasteiger partial charge in [0, 0.05) is 13.2 Å². The topological polar surface area (TPSA) is 59.0 Å². The number of nitrogens with zero attached hydrogens (tertiary/aromatic N) is 1. The second-order valence-electron chi connectivity index (χ2n) is 6.93. The summed E-state index contributed by atoms with van der Waals surface area (Å²) in [6, 6.07) is 6.19. The van der Waals surface area contributed by atoms with Crippen LogP contribution in [0.1, 0.15) is 30.4 Å². The molecular formula is C19H27NO4. The third kappa shape index (κ3) is 3.57. The number of carbonyl (C=O) groups is 1. The van der Waals surface area contributed by atoms with Crippen molar-refractivity contribution in [3.63, 3.8) is 0 Å². The molecule has 0 amide bonds. The Kier molecular flexibility index (Phi) is 5.41. The maximum absolute atomic E-state index is 11.4. The van der Waals surface area contributed by atoms with Crippen molar-refractivity contribution in [2.45, 2.75) is 38.8 Å². The highest BCUT2D eigenvalue weighted by Crippen LogP contribution is 2.34. The van der Waals surface area contributed by atoms with Crippen LogP contribution >= 0.6 is 0 Å². The number of carboxylic acid groups (broad SMARTS) is 1. The molecule has 0 unspecified atom stereocenters. The fourth-order valence-corrected chi connectivity index (χ4v) is 4.07. The molecule has 2 saturated heterocycles. The maximum atomic E-state index is 11.4. The smallest absolute Gasteiger partial charge is 0.309 e. The van der Waals surface area contributed by atoms with Crippen molar-refractivity contribution in [3.05, 3.63) is 29.3 Å². The van der Waals surface area contributed by atoms with Crippen molar-refractivity contribution in [1.82, 2.24) is 4.90 Å². The van der Waals surface area contributed by atoms with Gasteiger partial charge in [0.1, 0.15) is 5.75 Å². The number of methoxy groups -OCH3 is 1.